The van der Waals surface area contributed by atoms with Crippen LogP contribution in [0.25, 0.3) is 0 Å². The second kappa shape index (κ2) is 8.56. The van der Waals surface area contributed by atoms with E-state index in [9.17, 15) is 14.4 Å². The lowest BCUT2D eigenvalue weighted by atomic mass is 10.1. The lowest BCUT2D eigenvalue weighted by molar-refractivity contribution is -0.125. The highest BCUT2D eigenvalue weighted by molar-refractivity contribution is 6.01. The van der Waals surface area contributed by atoms with Gasteiger partial charge in [-0.1, -0.05) is 25.1 Å². The predicted octanol–water partition coefficient (Wildman–Crippen LogP) is 2.58. The molecular formula is C21H23N3O4. The molecule has 7 heteroatoms. The molecule has 0 bridgehead atoms. The molecule has 1 aliphatic heterocycles. The van der Waals surface area contributed by atoms with E-state index >= 15 is 0 Å². The number of amides is 3. The minimum absolute atomic E-state index is 0.0743. The van der Waals surface area contributed by atoms with E-state index in [1.807, 2.05) is 13.0 Å². The number of hydrogen-bond acceptors (Lipinski definition) is 4. The number of fused-ring (bicyclic) bond motifs is 1. The van der Waals surface area contributed by atoms with Gasteiger partial charge < -0.3 is 20.3 Å². The molecule has 0 saturated heterocycles. The zero-order valence-corrected chi connectivity index (χ0v) is 15.9. The summed E-state index contributed by atoms with van der Waals surface area (Å²) in [7, 11) is 0. The number of benzene rings is 2. The summed E-state index contributed by atoms with van der Waals surface area (Å²) >= 11 is 0. The molecule has 3 amide bonds. The molecule has 0 radical (unpaired) electrons. The lowest BCUT2D eigenvalue weighted by Gasteiger charge is -2.33. The summed E-state index contributed by atoms with van der Waals surface area (Å²) in [6.45, 7) is 4.17. The quantitative estimate of drug-likeness (QED) is 0.805. The van der Waals surface area contributed by atoms with Gasteiger partial charge in [-0.05, 0) is 37.6 Å². The second-order valence-electron chi connectivity index (χ2n) is 6.53. The lowest BCUT2D eigenvalue weighted by Crippen LogP contribution is -2.44. The van der Waals surface area contributed by atoms with Gasteiger partial charge in [0.25, 0.3) is 11.8 Å². The molecule has 1 unspecified atom stereocenters. The topological polar surface area (TPSA) is 87.7 Å². The average Bonchev–Trinajstić information content (AvgIpc) is 2.70. The van der Waals surface area contributed by atoms with Crippen LogP contribution in [0.15, 0.2) is 48.5 Å². The number of hydrogen-bond donors (Lipinski definition) is 2. The Hall–Kier alpha value is -3.35. The van der Waals surface area contributed by atoms with Crippen molar-refractivity contribution in [2.75, 3.05) is 23.3 Å². The van der Waals surface area contributed by atoms with E-state index in [-0.39, 0.29) is 24.3 Å². The standard InChI is InChI=1S/C21H23N3O4/c1-3-11-24-17-10-9-16(12-18(17)28-14(2)21(24)27)23-19(25)13-22-20(26)15-7-5-4-6-8-15/h4-10,12,14H,3,11,13H2,1-2H3,(H,22,26)(H,23,25). The molecule has 0 saturated carbocycles. The molecular weight excluding hydrogens is 358 g/mol. The molecule has 7 nitrogen and oxygen atoms in total. The third-order valence-corrected chi connectivity index (χ3v) is 4.34. The summed E-state index contributed by atoms with van der Waals surface area (Å²) in [5.41, 5.74) is 1.73. The molecule has 28 heavy (non-hydrogen) atoms. The van der Waals surface area contributed by atoms with Crippen LogP contribution in [0.4, 0.5) is 11.4 Å². The van der Waals surface area contributed by atoms with Crippen molar-refractivity contribution in [3.8, 4) is 5.75 Å². The highest BCUT2D eigenvalue weighted by Crippen LogP contribution is 2.36. The Labute approximate surface area is 163 Å². The van der Waals surface area contributed by atoms with Crippen molar-refractivity contribution < 1.29 is 19.1 Å². The van der Waals surface area contributed by atoms with Gasteiger partial charge in [-0.2, -0.15) is 0 Å². The van der Waals surface area contributed by atoms with Crippen molar-refractivity contribution in [1.82, 2.24) is 5.32 Å². The van der Waals surface area contributed by atoms with Crippen LogP contribution in [0.2, 0.25) is 0 Å². The predicted molar refractivity (Wildman–Crippen MR) is 107 cm³/mol. The molecule has 3 rings (SSSR count). The van der Waals surface area contributed by atoms with E-state index in [2.05, 4.69) is 10.6 Å². The Balaban J connectivity index is 1.63. The molecule has 0 aromatic heterocycles. The number of nitrogens with zero attached hydrogens (tertiary/aromatic N) is 1. The fourth-order valence-electron chi connectivity index (χ4n) is 3.00. The van der Waals surface area contributed by atoms with Gasteiger partial charge in [-0.25, -0.2) is 0 Å². The summed E-state index contributed by atoms with van der Waals surface area (Å²) in [5, 5.41) is 5.32. The Bertz CT molecular complexity index is 882. The first-order valence-corrected chi connectivity index (χ1v) is 9.24. The van der Waals surface area contributed by atoms with Crippen LogP contribution in [0, 0.1) is 0 Å². The molecule has 0 spiro atoms. The van der Waals surface area contributed by atoms with Gasteiger partial charge >= 0.3 is 0 Å². The minimum atomic E-state index is -0.574. The van der Waals surface area contributed by atoms with E-state index in [0.29, 0.717) is 29.2 Å². The summed E-state index contributed by atoms with van der Waals surface area (Å²) < 4.78 is 5.69. The van der Waals surface area contributed by atoms with Crippen molar-refractivity contribution in [3.63, 3.8) is 0 Å². The molecule has 2 N–H and O–H groups in total. The number of nitrogens with one attached hydrogen (secondary N) is 2. The third-order valence-electron chi connectivity index (χ3n) is 4.34. The third kappa shape index (κ3) is 4.31. The number of carbonyl (C=O) groups is 3. The molecule has 146 valence electrons. The van der Waals surface area contributed by atoms with E-state index in [1.54, 1.807) is 54.3 Å². The summed E-state index contributed by atoms with van der Waals surface area (Å²) in [6.07, 6.45) is 0.257. The zero-order valence-electron chi connectivity index (χ0n) is 15.9. The van der Waals surface area contributed by atoms with Gasteiger partial charge in [-0.15, -0.1) is 0 Å². The van der Waals surface area contributed by atoms with Crippen LogP contribution in [0.1, 0.15) is 30.6 Å². The minimum Gasteiger partial charge on any atom is -0.479 e. The van der Waals surface area contributed by atoms with Crippen molar-refractivity contribution in [3.05, 3.63) is 54.1 Å². The zero-order chi connectivity index (χ0) is 20.1. The molecule has 1 atom stereocenters. The number of anilines is 2. The Morgan fingerprint density at radius 2 is 1.89 bits per heavy atom. The van der Waals surface area contributed by atoms with E-state index < -0.39 is 6.10 Å². The Kier molecular flexibility index (Phi) is 5.93. The van der Waals surface area contributed by atoms with Crippen LogP contribution in [0.5, 0.6) is 5.75 Å². The van der Waals surface area contributed by atoms with E-state index in [0.717, 1.165) is 6.42 Å². The van der Waals surface area contributed by atoms with Crippen LogP contribution in [0.3, 0.4) is 0 Å². The fraction of sp³-hybridized carbons (Fsp3) is 0.286. The normalized spacial score (nSPS) is 15.4. The first-order valence-electron chi connectivity index (χ1n) is 9.24. The molecule has 1 heterocycles. The summed E-state index contributed by atoms with van der Waals surface area (Å²) in [5.74, 6) is -0.192. The van der Waals surface area contributed by atoms with Crippen molar-refractivity contribution in [1.29, 1.82) is 0 Å². The van der Waals surface area contributed by atoms with E-state index in [4.69, 9.17) is 4.74 Å². The first kappa shape index (κ1) is 19.4. The fourth-order valence-corrected chi connectivity index (χ4v) is 3.00. The largest absolute Gasteiger partial charge is 0.479 e. The number of carbonyl (C=O) groups excluding carboxylic acids is 3. The second-order valence-corrected chi connectivity index (χ2v) is 6.53. The summed E-state index contributed by atoms with van der Waals surface area (Å²) in [4.78, 5) is 38.2. The smallest absolute Gasteiger partial charge is 0.267 e. The highest BCUT2D eigenvalue weighted by atomic mass is 16.5. The van der Waals surface area contributed by atoms with Crippen LogP contribution in [-0.2, 0) is 9.59 Å². The van der Waals surface area contributed by atoms with Gasteiger partial charge in [-0.3, -0.25) is 14.4 Å². The molecule has 0 fully saturated rings. The van der Waals surface area contributed by atoms with Crippen LogP contribution < -0.4 is 20.3 Å². The molecule has 2 aromatic carbocycles. The first-order chi connectivity index (χ1) is 13.5. The van der Waals surface area contributed by atoms with Crippen molar-refractivity contribution >= 4 is 29.1 Å². The van der Waals surface area contributed by atoms with Gasteiger partial charge in [0.1, 0.15) is 5.75 Å². The molecule has 0 aliphatic carbocycles. The molecule has 1 aliphatic rings. The van der Waals surface area contributed by atoms with Gasteiger partial charge in [0.05, 0.1) is 12.2 Å². The SMILES string of the molecule is CCCN1C(=O)C(C)Oc2cc(NC(=O)CNC(=O)c3ccccc3)ccc21. The maximum Gasteiger partial charge on any atom is 0.267 e. The molecule has 2 aromatic rings. The number of rotatable bonds is 6. The van der Waals surface area contributed by atoms with Crippen molar-refractivity contribution in [2.24, 2.45) is 0 Å². The van der Waals surface area contributed by atoms with E-state index in [1.165, 1.54) is 0 Å². The number of ether oxygens (including phenoxy) is 1. The Morgan fingerprint density at radius 3 is 2.61 bits per heavy atom. The monoisotopic (exact) mass is 381 g/mol. The maximum atomic E-state index is 12.3. The summed E-state index contributed by atoms with van der Waals surface area (Å²) in [6, 6.07) is 13.9. The van der Waals surface area contributed by atoms with Crippen LogP contribution >= 0.6 is 0 Å². The van der Waals surface area contributed by atoms with Gasteiger partial charge in [0.15, 0.2) is 6.10 Å². The average molecular weight is 381 g/mol. The van der Waals surface area contributed by atoms with Gasteiger partial charge in [0.2, 0.25) is 5.91 Å². The van der Waals surface area contributed by atoms with Crippen molar-refractivity contribution in [2.45, 2.75) is 26.4 Å². The van der Waals surface area contributed by atoms with Gasteiger partial charge in [0, 0.05) is 23.9 Å². The van der Waals surface area contributed by atoms with Crippen LogP contribution in [-0.4, -0.2) is 36.9 Å². The maximum absolute atomic E-state index is 12.3. The Morgan fingerprint density at radius 1 is 1.14 bits per heavy atom. The highest BCUT2D eigenvalue weighted by Gasteiger charge is 2.31.